The van der Waals surface area contributed by atoms with E-state index in [-0.39, 0.29) is 11.8 Å². The zero-order chi connectivity index (χ0) is 16.1. The van der Waals surface area contributed by atoms with Crippen LogP contribution in [0.25, 0.3) is 0 Å². The summed E-state index contributed by atoms with van der Waals surface area (Å²) in [6.45, 7) is 4.01. The number of amides is 2. The smallest absolute Gasteiger partial charge is 0.321 e. The second-order valence-corrected chi connectivity index (χ2v) is 5.95. The Kier molecular flexibility index (Phi) is 5.27. The third-order valence-electron chi connectivity index (χ3n) is 3.17. The molecule has 0 fully saturated rings. The largest absolute Gasteiger partial charge is 0.322 e. The predicted molar refractivity (Wildman–Crippen MR) is 88.4 cm³/mol. The molecule has 0 aliphatic carbocycles. The van der Waals surface area contributed by atoms with Crippen LogP contribution in [0.2, 0.25) is 0 Å². The van der Waals surface area contributed by atoms with Gasteiger partial charge in [-0.15, -0.1) is 11.3 Å². The highest BCUT2D eigenvalue weighted by atomic mass is 32.1. The topological polar surface area (TPSA) is 62.3 Å². The minimum atomic E-state index is -0.230. The molecular formula is C16H19N3O2S. The van der Waals surface area contributed by atoms with Crippen molar-refractivity contribution in [3.8, 4) is 0 Å². The number of aromatic nitrogens is 1. The number of carbonyl (C=O) groups excluding carboxylic acids is 2. The van der Waals surface area contributed by atoms with Crippen molar-refractivity contribution < 1.29 is 9.59 Å². The molecule has 0 atom stereocenters. The molecule has 1 N–H and O–H groups in total. The number of rotatable bonds is 5. The second-order valence-electron chi connectivity index (χ2n) is 5.01. The first kappa shape index (κ1) is 16.2. The van der Waals surface area contributed by atoms with Crippen LogP contribution in [-0.2, 0) is 13.0 Å². The van der Waals surface area contributed by atoms with Gasteiger partial charge in [-0.2, -0.15) is 0 Å². The van der Waals surface area contributed by atoms with E-state index in [2.05, 4.69) is 17.2 Å². The summed E-state index contributed by atoms with van der Waals surface area (Å²) < 4.78 is 0. The first-order chi connectivity index (χ1) is 10.5. The molecule has 116 valence electrons. The molecule has 0 unspecified atom stereocenters. The Balaban J connectivity index is 1.99. The van der Waals surface area contributed by atoms with Gasteiger partial charge in [0, 0.05) is 23.7 Å². The maximum Gasteiger partial charge on any atom is 0.321 e. The van der Waals surface area contributed by atoms with Gasteiger partial charge in [-0.05, 0) is 25.5 Å². The number of ketones is 1. The number of nitrogens with one attached hydrogen (secondary N) is 1. The van der Waals surface area contributed by atoms with E-state index in [9.17, 15) is 9.59 Å². The number of nitrogens with zero attached hydrogens (tertiary/aromatic N) is 2. The Morgan fingerprint density at radius 3 is 2.77 bits per heavy atom. The van der Waals surface area contributed by atoms with Crippen molar-refractivity contribution in [1.82, 2.24) is 9.88 Å². The molecule has 0 aliphatic heterocycles. The highest BCUT2D eigenvalue weighted by Gasteiger charge is 2.12. The monoisotopic (exact) mass is 317 g/mol. The number of aryl methyl sites for hydroxylation is 1. The van der Waals surface area contributed by atoms with Gasteiger partial charge >= 0.3 is 6.03 Å². The number of Topliss-reactive ketones (excluding diaryl/α,β-unsaturated/α-hetero) is 1. The van der Waals surface area contributed by atoms with Crippen LogP contribution in [0.3, 0.4) is 0 Å². The van der Waals surface area contributed by atoms with Crippen LogP contribution in [0.15, 0.2) is 29.6 Å². The molecule has 2 aromatic rings. The molecule has 0 aliphatic rings. The van der Waals surface area contributed by atoms with Crippen molar-refractivity contribution in [1.29, 1.82) is 0 Å². The summed E-state index contributed by atoms with van der Waals surface area (Å²) in [4.78, 5) is 29.6. The van der Waals surface area contributed by atoms with E-state index in [4.69, 9.17) is 0 Å². The maximum atomic E-state index is 12.2. The maximum absolute atomic E-state index is 12.2. The van der Waals surface area contributed by atoms with Gasteiger partial charge in [0.2, 0.25) is 0 Å². The number of hydrogen-bond acceptors (Lipinski definition) is 4. The molecule has 1 aromatic heterocycles. The number of anilines is 1. The van der Waals surface area contributed by atoms with Crippen LogP contribution in [-0.4, -0.2) is 28.7 Å². The Labute approximate surface area is 134 Å². The van der Waals surface area contributed by atoms with Crippen molar-refractivity contribution >= 4 is 28.8 Å². The molecule has 1 heterocycles. The van der Waals surface area contributed by atoms with Crippen LogP contribution < -0.4 is 5.32 Å². The lowest BCUT2D eigenvalue weighted by Crippen LogP contribution is -2.31. The molecule has 6 heteroatoms. The molecule has 0 saturated heterocycles. The molecule has 1 aromatic carbocycles. The SMILES string of the molecule is CCc1nc(CN(C)C(=O)Nc2cccc(C(C)=O)c2)cs1. The number of benzene rings is 1. The van der Waals surface area contributed by atoms with E-state index in [1.54, 1.807) is 47.5 Å². The van der Waals surface area contributed by atoms with E-state index in [0.717, 1.165) is 17.1 Å². The van der Waals surface area contributed by atoms with E-state index in [0.29, 0.717) is 17.8 Å². The number of urea groups is 1. The van der Waals surface area contributed by atoms with Gasteiger partial charge in [0.15, 0.2) is 5.78 Å². The van der Waals surface area contributed by atoms with Crippen molar-refractivity contribution in [2.45, 2.75) is 26.8 Å². The number of hydrogen-bond donors (Lipinski definition) is 1. The minimum Gasteiger partial charge on any atom is -0.322 e. The van der Waals surface area contributed by atoms with Crippen LogP contribution in [0.4, 0.5) is 10.5 Å². The third-order valence-corrected chi connectivity index (χ3v) is 4.21. The fraction of sp³-hybridized carbons (Fsp3) is 0.312. The van der Waals surface area contributed by atoms with Gasteiger partial charge in [-0.25, -0.2) is 9.78 Å². The third kappa shape index (κ3) is 4.14. The van der Waals surface area contributed by atoms with Gasteiger partial charge in [0.1, 0.15) is 0 Å². The number of thiazole rings is 1. The van der Waals surface area contributed by atoms with Gasteiger partial charge < -0.3 is 10.2 Å². The van der Waals surface area contributed by atoms with Crippen molar-refractivity contribution in [2.75, 3.05) is 12.4 Å². The van der Waals surface area contributed by atoms with Crippen molar-refractivity contribution in [3.05, 3.63) is 45.9 Å². The lowest BCUT2D eigenvalue weighted by atomic mass is 10.1. The fourth-order valence-corrected chi connectivity index (χ4v) is 2.67. The summed E-state index contributed by atoms with van der Waals surface area (Å²) in [5.41, 5.74) is 2.07. The zero-order valence-electron chi connectivity index (χ0n) is 12.9. The summed E-state index contributed by atoms with van der Waals surface area (Å²) >= 11 is 1.61. The Bertz CT molecular complexity index is 682. The van der Waals surface area contributed by atoms with Gasteiger partial charge in [0.25, 0.3) is 0 Å². The Morgan fingerprint density at radius 2 is 2.14 bits per heavy atom. The van der Waals surface area contributed by atoms with E-state index in [1.165, 1.54) is 6.92 Å². The summed E-state index contributed by atoms with van der Waals surface area (Å²) in [6, 6.07) is 6.68. The summed E-state index contributed by atoms with van der Waals surface area (Å²) in [7, 11) is 1.72. The van der Waals surface area contributed by atoms with Gasteiger partial charge in [-0.3, -0.25) is 4.79 Å². The first-order valence-corrected chi connectivity index (χ1v) is 7.94. The van der Waals surface area contributed by atoms with Crippen LogP contribution in [0.5, 0.6) is 0 Å². The van der Waals surface area contributed by atoms with Crippen LogP contribution in [0, 0.1) is 0 Å². The van der Waals surface area contributed by atoms with Gasteiger partial charge in [-0.1, -0.05) is 19.1 Å². The van der Waals surface area contributed by atoms with E-state index < -0.39 is 0 Å². The normalized spacial score (nSPS) is 10.3. The Morgan fingerprint density at radius 1 is 1.36 bits per heavy atom. The van der Waals surface area contributed by atoms with Crippen molar-refractivity contribution in [3.63, 3.8) is 0 Å². The molecular weight excluding hydrogens is 298 g/mol. The minimum absolute atomic E-state index is 0.0287. The average Bonchev–Trinajstić information content (AvgIpc) is 2.95. The van der Waals surface area contributed by atoms with E-state index in [1.807, 2.05) is 5.38 Å². The van der Waals surface area contributed by atoms with Crippen LogP contribution in [0.1, 0.15) is 34.9 Å². The highest BCUT2D eigenvalue weighted by molar-refractivity contribution is 7.09. The summed E-state index contributed by atoms with van der Waals surface area (Å²) in [6.07, 6.45) is 0.901. The Hall–Kier alpha value is -2.21. The predicted octanol–water partition coefficient (Wildman–Crippen LogP) is 3.57. The lowest BCUT2D eigenvalue weighted by molar-refractivity contribution is 0.101. The molecule has 5 nitrogen and oxygen atoms in total. The molecule has 22 heavy (non-hydrogen) atoms. The first-order valence-electron chi connectivity index (χ1n) is 7.06. The summed E-state index contributed by atoms with van der Waals surface area (Å²) in [5.74, 6) is -0.0287. The second kappa shape index (κ2) is 7.17. The molecule has 0 radical (unpaired) electrons. The number of carbonyl (C=O) groups is 2. The molecule has 0 spiro atoms. The average molecular weight is 317 g/mol. The summed E-state index contributed by atoms with van der Waals surface area (Å²) in [5, 5.41) is 5.83. The fourth-order valence-electron chi connectivity index (χ4n) is 1.93. The van der Waals surface area contributed by atoms with Crippen LogP contribution >= 0.6 is 11.3 Å². The van der Waals surface area contributed by atoms with Crippen molar-refractivity contribution in [2.24, 2.45) is 0 Å². The standard InChI is InChI=1S/C16H19N3O2S/c1-4-15-17-14(10-22-15)9-19(3)16(21)18-13-7-5-6-12(8-13)11(2)20/h5-8,10H,4,9H2,1-3H3,(H,18,21). The highest BCUT2D eigenvalue weighted by Crippen LogP contribution is 2.14. The molecule has 0 bridgehead atoms. The molecule has 0 saturated carbocycles. The molecule has 2 rings (SSSR count). The van der Waals surface area contributed by atoms with Gasteiger partial charge in [0.05, 0.1) is 17.2 Å². The molecule has 2 amide bonds. The zero-order valence-corrected chi connectivity index (χ0v) is 13.7. The lowest BCUT2D eigenvalue weighted by Gasteiger charge is -2.17. The van der Waals surface area contributed by atoms with E-state index >= 15 is 0 Å². The quantitative estimate of drug-likeness (QED) is 0.858.